The number of likely N-dealkylation sites (tertiary alicyclic amines) is 1. The number of hydrogen-bond donors (Lipinski definition) is 2. The van der Waals surface area contributed by atoms with Crippen molar-refractivity contribution in [1.29, 1.82) is 0 Å². The molecule has 1 amide bonds. The molecule has 2 rings (SSSR count). The van der Waals surface area contributed by atoms with Crippen LogP contribution in [-0.2, 0) is 4.79 Å². The molecule has 1 aromatic rings. The third-order valence-electron chi connectivity index (χ3n) is 3.05. The maximum Gasteiger partial charge on any atom is 0.238 e. The van der Waals surface area contributed by atoms with E-state index in [0.29, 0.717) is 6.54 Å². The van der Waals surface area contributed by atoms with Crippen LogP contribution in [0.2, 0.25) is 0 Å². The molecule has 0 saturated carbocycles. The standard InChI is InChI=1S/C13H19N3O2.ClH/c1-18-12-4-2-11(3-5-12)15-13(17)9-16-7-6-10(14)8-16;/h2-5,10H,6-9,14H2,1H3,(H,15,17);1H. The Morgan fingerprint density at radius 1 is 1.47 bits per heavy atom. The number of benzene rings is 1. The highest BCUT2D eigenvalue weighted by Gasteiger charge is 2.20. The van der Waals surface area contributed by atoms with Crippen molar-refractivity contribution in [2.45, 2.75) is 12.5 Å². The second kappa shape index (κ2) is 7.33. The van der Waals surface area contributed by atoms with Crippen LogP contribution in [-0.4, -0.2) is 43.6 Å². The van der Waals surface area contributed by atoms with E-state index in [4.69, 9.17) is 10.5 Å². The first-order valence-corrected chi connectivity index (χ1v) is 6.09. The number of halogens is 1. The molecular formula is C13H20ClN3O2. The summed E-state index contributed by atoms with van der Waals surface area (Å²) in [6, 6.07) is 7.50. The van der Waals surface area contributed by atoms with E-state index in [1.54, 1.807) is 7.11 Å². The van der Waals surface area contributed by atoms with Crippen molar-refractivity contribution in [3.05, 3.63) is 24.3 Å². The van der Waals surface area contributed by atoms with E-state index in [1.807, 2.05) is 24.3 Å². The minimum Gasteiger partial charge on any atom is -0.497 e. The van der Waals surface area contributed by atoms with Gasteiger partial charge in [-0.15, -0.1) is 12.4 Å². The van der Waals surface area contributed by atoms with Gasteiger partial charge in [0, 0.05) is 24.8 Å². The van der Waals surface area contributed by atoms with Gasteiger partial charge in [-0.05, 0) is 30.7 Å². The van der Waals surface area contributed by atoms with Gasteiger partial charge in [0.1, 0.15) is 5.75 Å². The second-order valence-electron chi connectivity index (χ2n) is 4.56. The molecule has 0 aromatic heterocycles. The fourth-order valence-corrected chi connectivity index (χ4v) is 2.08. The molecule has 5 nitrogen and oxygen atoms in total. The lowest BCUT2D eigenvalue weighted by atomic mass is 10.3. The number of nitrogens with zero attached hydrogens (tertiary/aromatic N) is 1. The van der Waals surface area contributed by atoms with Crippen LogP contribution in [0.4, 0.5) is 5.69 Å². The molecule has 3 N–H and O–H groups in total. The number of nitrogens with one attached hydrogen (secondary N) is 1. The average Bonchev–Trinajstić information content (AvgIpc) is 2.75. The summed E-state index contributed by atoms with van der Waals surface area (Å²) in [5.74, 6) is 0.771. The first-order valence-electron chi connectivity index (χ1n) is 6.09. The first-order chi connectivity index (χ1) is 8.67. The molecule has 0 bridgehead atoms. The van der Waals surface area contributed by atoms with Gasteiger partial charge in [0.25, 0.3) is 0 Å². The largest absolute Gasteiger partial charge is 0.497 e. The number of anilines is 1. The number of carbonyl (C=O) groups is 1. The molecule has 0 aliphatic carbocycles. The Balaban J connectivity index is 0.00000180. The Hall–Kier alpha value is -1.30. The number of nitrogens with two attached hydrogens (primary N) is 1. The fourth-order valence-electron chi connectivity index (χ4n) is 2.08. The number of methoxy groups -OCH3 is 1. The van der Waals surface area contributed by atoms with Crippen LogP contribution >= 0.6 is 12.4 Å². The highest BCUT2D eigenvalue weighted by Crippen LogP contribution is 2.15. The van der Waals surface area contributed by atoms with Crippen LogP contribution in [0.3, 0.4) is 0 Å². The molecule has 1 aliphatic rings. The molecule has 1 heterocycles. The minimum absolute atomic E-state index is 0. The molecule has 1 fully saturated rings. The average molecular weight is 286 g/mol. The maximum atomic E-state index is 11.8. The lowest BCUT2D eigenvalue weighted by Gasteiger charge is -2.14. The number of rotatable bonds is 4. The summed E-state index contributed by atoms with van der Waals surface area (Å²) in [7, 11) is 1.62. The molecule has 0 radical (unpaired) electrons. The predicted octanol–water partition coefficient (Wildman–Crippen LogP) is 1.09. The summed E-state index contributed by atoms with van der Waals surface area (Å²) in [5, 5.41) is 2.86. The Bertz CT molecular complexity index is 411. The van der Waals surface area contributed by atoms with Crippen LogP contribution in [0.1, 0.15) is 6.42 Å². The molecule has 1 unspecified atom stereocenters. The monoisotopic (exact) mass is 285 g/mol. The second-order valence-corrected chi connectivity index (χ2v) is 4.56. The van der Waals surface area contributed by atoms with E-state index in [-0.39, 0.29) is 24.4 Å². The van der Waals surface area contributed by atoms with Gasteiger partial charge in [-0.2, -0.15) is 0 Å². The van der Waals surface area contributed by atoms with Crippen molar-refractivity contribution in [3.8, 4) is 5.75 Å². The van der Waals surface area contributed by atoms with Crippen molar-refractivity contribution in [3.63, 3.8) is 0 Å². The van der Waals surface area contributed by atoms with Crippen molar-refractivity contribution in [2.75, 3.05) is 32.1 Å². The molecular weight excluding hydrogens is 266 g/mol. The Kier molecular flexibility index (Phi) is 6.08. The summed E-state index contributed by atoms with van der Waals surface area (Å²) in [6.07, 6.45) is 0.968. The Labute approximate surface area is 119 Å². The van der Waals surface area contributed by atoms with E-state index in [0.717, 1.165) is 30.9 Å². The van der Waals surface area contributed by atoms with Gasteiger partial charge < -0.3 is 15.8 Å². The van der Waals surface area contributed by atoms with E-state index in [1.165, 1.54) is 0 Å². The van der Waals surface area contributed by atoms with Gasteiger partial charge >= 0.3 is 0 Å². The smallest absolute Gasteiger partial charge is 0.238 e. The molecule has 19 heavy (non-hydrogen) atoms. The van der Waals surface area contributed by atoms with Gasteiger partial charge in [0.2, 0.25) is 5.91 Å². The van der Waals surface area contributed by atoms with E-state index in [9.17, 15) is 4.79 Å². The summed E-state index contributed by atoms with van der Waals surface area (Å²) in [4.78, 5) is 13.9. The molecule has 6 heteroatoms. The number of amides is 1. The quantitative estimate of drug-likeness (QED) is 0.869. The first kappa shape index (κ1) is 15.8. The van der Waals surface area contributed by atoms with E-state index >= 15 is 0 Å². The van der Waals surface area contributed by atoms with Crippen LogP contribution in [0.5, 0.6) is 5.75 Å². The maximum absolute atomic E-state index is 11.8. The molecule has 1 aromatic carbocycles. The zero-order chi connectivity index (χ0) is 13.0. The van der Waals surface area contributed by atoms with Crippen molar-refractivity contribution < 1.29 is 9.53 Å². The van der Waals surface area contributed by atoms with Crippen LogP contribution in [0, 0.1) is 0 Å². The van der Waals surface area contributed by atoms with Crippen LogP contribution in [0.15, 0.2) is 24.3 Å². The summed E-state index contributed by atoms with van der Waals surface area (Å²) in [5.41, 5.74) is 6.58. The number of ether oxygens (including phenoxy) is 1. The highest BCUT2D eigenvalue weighted by molar-refractivity contribution is 5.92. The topological polar surface area (TPSA) is 67.6 Å². The predicted molar refractivity (Wildman–Crippen MR) is 77.9 cm³/mol. The Morgan fingerprint density at radius 3 is 2.68 bits per heavy atom. The van der Waals surface area contributed by atoms with Crippen molar-refractivity contribution in [1.82, 2.24) is 4.90 Å². The van der Waals surface area contributed by atoms with Gasteiger partial charge in [0.15, 0.2) is 0 Å². The normalized spacial score (nSPS) is 18.7. The minimum atomic E-state index is -0.00531. The van der Waals surface area contributed by atoms with Crippen LogP contribution < -0.4 is 15.8 Å². The lowest BCUT2D eigenvalue weighted by molar-refractivity contribution is -0.117. The Morgan fingerprint density at radius 2 is 2.16 bits per heavy atom. The van der Waals surface area contributed by atoms with Gasteiger partial charge in [-0.3, -0.25) is 9.69 Å². The number of hydrogen-bond acceptors (Lipinski definition) is 4. The molecule has 1 aliphatic heterocycles. The van der Waals surface area contributed by atoms with E-state index in [2.05, 4.69) is 10.2 Å². The van der Waals surface area contributed by atoms with Crippen molar-refractivity contribution in [2.24, 2.45) is 5.73 Å². The zero-order valence-corrected chi connectivity index (χ0v) is 11.8. The summed E-state index contributed by atoms with van der Waals surface area (Å²) >= 11 is 0. The van der Waals surface area contributed by atoms with Gasteiger partial charge in [-0.1, -0.05) is 0 Å². The summed E-state index contributed by atoms with van der Waals surface area (Å²) in [6.45, 7) is 2.10. The van der Waals surface area contributed by atoms with E-state index < -0.39 is 0 Å². The van der Waals surface area contributed by atoms with Crippen LogP contribution in [0.25, 0.3) is 0 Å². The van der Waals surface area contributed by atoms with Gasteiger partial charge in [-0.25, -0.2) is 0 Å². The fraction of sp³-hybridized carbons (Fsp3) is 0.462. The third-order valence-corrected chi connectivity index (χ3v) is 3.05. The highest BCUT2D eigenvalue weighted by atomic mass is 35.5. The molecule has 1 atom stereocenters. The summed E-state index contributed by atoms with van der Waals surface area (Å²) < 4.78 is 5.06. The molecule has 0 spiro atoms. The third kappa shape index (κ3) is 4.70. The SMILES string of the molecule is COc1ccc(NC(=O)CN2CCC(N)C2)cc1.Cl. The lowest BCUT2D eigenvalue weighted by Crippen LogP contribution is -2.33. The van der Waals surface area contributed by atoms with Crippen molar-refractivity contribution >= 4 is 24.0 Å². The number of carbonyl (C=O) groups excluding carboxylic acids is 1. The van der Waals surface area contributed by atoms with Gasteiger partial charge in [0.05, 0.1) is 13.7 Å². The zero-order valence-electron chi connectivity index (χ0n) is 11.0. The molecule has 1 saturated heterocycles. The molecule has 106 valence electrons.